The predicted octanol–water partition coefficient (Wildman–Crippen LogP) is 4.72. The maximum Gasteiger partial charge on any atom is 0.0936 e. The molecule has 0 aliphatic carbocycles. The molecular weight excluding hydrogens is 401 g/mol. The zero-order valence-electron chi connectivity index (χ0n) is 14.2. The highest BCUT2D eigenvalue weighted by Gasteiger charge is 2.32. The van der Waals surface area contributed by atoms with Crippen LogP contribution >= 0.6 is 22.6 Å². The van der Waals surface area contributed by atoms with Gasteiger partial charge in [0.2, 0.25) is 0 Å². The second-order valence-corrected chi connectivity index (χ2v) is 7.42. The van der Waals surface area contributed by atoms with Crippen molar-refractivity contribution >= 4 is 22.6 Å². The lowest BCUT2D eigenvalue weighted by molar-refractivity contribution is -0.234. The van der Waals surface area contributed by atoms with Crippen LogP contribution in [0.5, 0.6) is 0 Å². The molecule has 0 spiro atoms. The summed E-state index contributed by atoms with van der Waals surface area (Å²) in [7, 11) is 0. The standard InChI is InChI=1S/C19H30INO2/c1-2-3-12-19(22)13-17-10-7-11-18(14-20)21(17)23-15-16-8-5-4-6-9-16/h4-6,8-9,17-19,22H,2-3,7,10-15H2,1H3/t17-,18-,19+/m1/s1. The molecule has 1 saturated heterocycles. The Morgan fingerprint density at radius 1 is 1.26 bits per heavy atom. The summed E-state index contributed by atoms with van der Waals surface area (Å²) in [5, 5.41) is 12.5. The number of piperidine rings is 1. The van der Waals surface area contributed by atoms with E-state index >= 15 is 0 Å². The number of nitrogens with zero attached hydrogens (tertiary/aromatic N) is 1. The molecule has 23 heavy (non-hydrogen) atoms. The van der Waals surface area contributed by atoms with Crippen LogP contribution in [0.4, 0.5) is 0 Å². The summed E-state index contributed by atoms with van der Waals surface area (Å²) in [4.78, 5) is 6.21. The molecule has 0 aromatic heterocycles. The second-order valence-electron chi connectivity index (χ2n) is 6.54. The molecule has 1 N–H and O–H groups in total. The van der Waals surface area contributed by atoms with Crippen LogP contribution in [-0.2, 0) is 11.4 Å². The summed E-state index contributed by atoms with van der Waals surface area (Å²) in [5.74, 6) is 0. The molecule has 1 aromatic carbocycles. The second kappa shape index (κ2) is 10.6. The van der Waals surface area contributed by atoms with E-state index < -0.39 is 0 Å². The van der Waals surface area contributed by atoms with E-state index in [1.165, 1.54) is 18.4 Å². The fraction of sp³-hybridized carbons (Fsp3) is 0.684. The van der Waals surface area contributed by atoms with Crippen LogP contribution in [0.15, 0.2) is 30.3 Å². The van der Waals surface area contributed by atoms with Gasteiger partial charge in [-0.3, -0.25) is 4.84 Å². The van der Waals surface area contributed by atoms with Gasteiger partial charge in [0.25, 0.3) is 0 Å². The number of aliphatic hydroxyl groups excluding tert-OH is 1. The minimum absolute atomic E-state index is 0.198. The Labute approximate surface area is 154 Å². The molecule has 0 saturated carbocycles. The third-order valence-electron chi connectivity index (χ3n) is 4.63. The van der Waals surface area contributed by atoms with Gasteiger partial charge in [0.15, 0.2) is 0 Å². The van der Waals surface area contributed by atoms with Gasteiger partial charge in [0.05, 0.1) is 12.7 Å². The number of hydrogen-bond donors (Lipinski definition) is 1. The van der Waals surface area contributed by atoms with Gasteiger partial charge in [-0.05, 0) is 31.2 Å². The Morgan fingerprint density at radius 2 is 2.00 bits per heavy atom. The minimum atomic E-state index is -0.198. The highest BCUT2D eigenvalue weighted by Crippen LogP contribution is 2.29. The first-order chi connectivity index (χ1) is 11.2. The largest absolute Gasteiger partial charge is 0.393 e. The van der Waals surface area contributed by atoms with E-state index in [1.54, 1.807) is 0 Å². The van der Waals surface area contributed by atoms with Gasteiger partial charge in [0, 0.05) is 16.5 Å². The van der Waals surface area contributed by atoms with Gasteiger partial charge in [-0.25, -0.2) is 0 Å². The first-order valence-electron chi connectivity index (χ1n) is 8.93. The molecule has 4 heteroatoms. The van der Waals surface area contributed by atoms with Gasteiger partial charge in [-0.2, -0.15) is 5.06 Å². The Hall–Kier alpha value is -0.170. The number of unbranched alkanes of at least 4 members (excludes halogenated alkanes) is 1. The minimum Gasteiger partial charge on any atom is -0.393 e. The number of aliphatic hydroxyl groups is 1. The van der Waals surface area contributed by atoms with Crippen molar-refractivity contribution in [2.75, 3.05) is 4.43 Å². The summed E-state index contributed by atoms with van der Waals surface area (Å²) >= 11 is 2.46. The Bertz CT molecular complexity index is 429. The molecule has 0 unspecified atom stereocenters. The molecule has 3 atom stereocenters. The monoisotopic (exact) mass is 431 g/mol. The number of hydrogen-bond acceptors (Lipinski definition) is 3. The molecule has 2 rings (SSSR count). The maximum absolute atomic E-state index is 10.3. The molecule has 0 radical (unpaired) electrons. The molecule has 1 aliphatic rings. The molecule has 1 fully saturated rings. The van der Waals surface area contributed by atoms with Crippen LogP contribution in [-0.4, -0.2) is 32.8 Å². The van der Waals surface area contributed by atoms with Crippen molar-refractivity contribution < 1.29 is 9.94 Å². The van der Waals surface area contributed by atoms with Gasteiger partial charge in [-0.1, -0.05) is 79.1 Å². The number of halogens is 1. The van der Waals surface area contributed by atoms with Crippen LogP contribution < -0.4 is 0 Å². The van der Waals surface area contributed by atoms with E-state index in [9.17, 15) is 5.11 Å². The smallest absolute Gasteiger partial charge is 0.0936 e. The first kappa shape index (κ1) is 19.2. The third kappa shape index (κ3) is 6.33. The van der Waals surface area contributed by atoms with Crippen molar-refractivity contribution in [2.24, 2.45) is 0 Å². The number of benzene rings is 1. The average Bonchev–Trinajstić information content (AvgIpc) is 2.59. The van der Waals surface area contributed by atoms with Crippen LogP contribution in [0.2, 0.25) is 0 Å². The molecule has 3 nitrogen and oxygen atoms in total. The van der Waals surface area contributed by atoms with E-state index in [4.69, 9.17) is 4.84 Å². The molecular formula is C19H30INO2. The van der Waals surface area contributed by atoms with Crippen molar-refractivity contribution in [1.29, 1.82) is 0 Å². The van der Waals surface area contributed by atoms with E-state index in [2.05, 4.69) is 58.8 Å². The molecule has 1 aliphatic heterocycles. The van der Waals surface area contributed by atoms with Gasteiger partial charge in [-0.15, -0.1) is 0 Å². The van der Waals surface area contributed by atoms with Crippen LogP contribution in [0, 0.1) is 0 Å². The summed E-state index contributed by atoms with van der Waals surface area (Å²) in [5.41, 5.74) is 1.20. The zero-order chi connectivity index (χ0) is 16.5. The van der Waals surface area contributed by atoms with Gasteiger partial charge >= 0.3 is 0 Å². The fourth-order valence-electron chi connectivity index (χ4n) is 3.31. The Kier molecular flexibility index (Phi) is 8.87. The van der Waals surface area contributed by atoms with E-state index in [0.29, 0.717) is 18.7 Å². The molecule has 0 bridgehead atoms. The highest BCUT2D eigenvalue weighted by molar-refractivity contribution is 14.1. The normalized spacial score (nSPS) is 23.8. The van der Waals surface area contributed by atoms with Crippen molar-refractivity contribution in [2.45, 2.75) is 76.7 Å². The highest BCUT2D eigenvalue weighted by atomic mass is 127. The molecule has 1 heterocycles. The summed E-state index contributed by atoms with van der Waals surface area (Å²) in [6, 6.07) is 11.2. The van der Waals surface area contributed by atoms with Crippen LogP contribution in [0.3, 0.4) is 0 Å². The van der Waals surface area contributed by atoms with Crippen molar-refractivity contribution in [3.8, 4) is 0 Å². The van der Waals surface area contributed by atoms with Crippen LogP contribution in [0.1, 0.15) is 57.4 Å². The van der Waals surface area contributed by atoms with Crippen molar-refractivity contribution in [1.82, 2.24) is 5.06 Å². The predicted molar refractivity (Wildman–Crippen MR) is 104 cm³/mol. The molecule has 130 valence electrons. The Morgan fingerprint density at radius 3 is 2.70 bits per heavy atom. The van der Waals surface area contributed by atoms with E-state index in [1.807, 2.05) is 6.07 Å². The quantitative estimate of drug-likeness (QED) is 0.454. The summed E-state index contributed by atoms with van der Waals surface area (Å²) in [6.45, 7) is 2.80. The van der Waals surface area contributed by atoms with E-state index in [-0.39, 0.29) is 6.10 Å². The van der Waals surface area contributed by atoms with Crippen molar-refractivity contribution in [3.05, 3.63) is 35.9 Å². The summed E-state index contributed by atoms with van der Waals surface area (Å²) < 4.78 is 1.08. The van der Waals surface area contributed by atoms with E-state index in [0.717, 1.165) is 36.5 Å². The average molecular weight is 431 g/mol. The molecule has 0 amide bonds. The lowest BCUT2D eigenvalue weighted by Gasteiger charge is -2.41. The van der Waals surface area contributed by atoms with Crippen molar-refractivity contribution in [3.63, 3.8) is 0 Å². The third-order valence-corrected chi connectivity index (χ3v) is 5.65. The zero-order valence-corrected chi connectivity index (χ0v) is 16.3. The topological polar surface area (TPSA) is 32.7 Å². The molecule has 1 aromatic rings. The number of rotatable bonds is 9. The number of alkyl halides is 1. The van der Waals surface area contributed by atoms with Gasteiger partial charge < -0.3 is 5.11 Å². The van der Waals surface area contributed by atoms with Crippen LogP contribution in [0.25, 0.3) is 0 Å². The lowest BCUT2D eigenvalue weighted by Crippen LogP contribution is -2.48. The first-order valence-corrected chi connectivity index (χ1v) is 10.5. The Balaban J connectivity index is 1.93. The maximum atomic E-state index is 10.3. The number of hydroxylamine groups is 2. The summed E-state index contributed by atoms with van der Waals surface area (Å²) in [6.07, 6.45) is 7.36. The van der Waals surface area contributed by atoms with Gasteiger partial charge in [0.1, 0.15) is 0 Å². The SMILES string of the molecule is CCCC[C@H](O)C[C@H]1CCC[C@H](CI)N1OCc1ccccc1. The fourth-order valence-corrected chi connectivity index (χ4v) is 4.14. The lowest BCUT2D eigenvalue weighted by atomic mass is 9.93.